The van der Waals surface area contributed by atoms with Gasteiger partial charge in [-0.25, -0.2) is 14.8 Å². The van der Waals surface area contributed by atoms with Crippen molar-refractivity contribution in [2.75, 3.05) is 18.0 Å². The smallest absolute Gasteiger partial charge is 0.341 e. The maximum atomic E-state index is 11.3. The van der Waals surface area contributed by atoms with E-state index in [9.17, 15) is 15.0 Å². The molecule has 1 fully saturated rings. The van der Waals surface area contributed by atoms with Gasteiger partial charge in [-0.2, -0.15) is 0 Å². The van der Waals surface area contributed by atoms with Crippen LogP contribution in [0.25, 0.3) is 0 Å². The molecule has 0 unspecified atom stereocenters. The van der Waals surface area contributed by atoms with E-state index in [1.165, 1.54) is 12.5 Å². The number of carboxylic acids is 1. The lowest BCUT2D eigenvalue weighted by molar-refractivity contribution is 0.0695. The largest absolute Gasteiger partial charge is 0.477 e. The Balaban J connectivity index is 1.61. The Kier molecular flexibility index (Phi) is 5.05. The fourth-order valence-corrected chi connectivity index (χ4v) is 3.24. The molecule has 6 heteroatoms. The highest BCUT2D eigenvalue weighted by Gasteiger charge is 2.27. The molecular formula is C18H21N3O3. The number of aliphatic hydroxyl groups excluding tert-OH is 1. The Bertz CT molecular complexity index is 685. The number of aliphatic hydroxyl groups is 1. The molecule has 3 rings (SSSR count). The minimum absolute atomic E-state index is 0.126. The Hall–Kier alpha value is -2.47. The van der Waals surface area contributed by atoms with Crippen molar-refractivity contribution in [1.82, 2.24) is 9.97 Å². The van der Waals surface area contributed by atoms with E-state index < -0.39 is 5.97 Å². The summed E-state index contributed by atoms with van der Waals surface area (Å²) in [5.41, 5.74) is 1.26. The number of nitrogens with zero attached hydrogens (tertiary/aromatic N) is 3. The first-order valence-corrected chi connectivity index (χ1v) is 8.15. The molecule has 0 bridgehead atoms. The van der Waals surface area contributed by atoms with Gasteiger partial charge in [0.1, 0.15) is 17.7 Å². The average molecular weight is 327 g/mol. The molecule has 24 heavy (non-hydrogen) atoms. The van der Waals surface area contributed by atoms with Gasteiger partial charge in [0.15, 0.2) is 0 Å². The quantitative estimate of drug-likeness (QED) is 0.873. The summed E-state index contributed by atoms with van der Waals surface area (Å²) in [6.07, 6.45) is 4.62. The van der Waals surface area contributed by atoms with Crippen LogP contribution in [0, 0.1) is 5.92 Å². The molecule has 126 valence electrons. The first-order valence-electron chi connectivity index (χ1n) is 8.15. The van der Waals surface area contributed by atoms with Gasteiger partial charge in [0.25, 0.3) is 0 Å². The van der Waals surface area contributed by atoms with Crippen LogP contribution in [0.4, 0.5) is 5.82 Å². The zero-order valence-electron chi connectivity index (χ0n) is 13.4. The standard InChI is InChI=1S/C18H21N3O3/c22-16(10-13-4-2-1-3-5-13)14-6-8-21(9-7-14)17-15(18(23)24)11-19-12-20-17/h1-5,11-12,14,16,22H,6-10H2,(H,23,24)/t16-/m1/s1. The van der Waals surface area contributed by atoms with Gasteiger partial charge in [-0.1, -0.05) is 30.3 Å². The van der Waals surface area contributed by atoms with Crippen LogP contribution in [0.2, 0.25) is 0 Å². The summed E-state index contributed by atoms with van der Waals surface area (Å²) in [7, 11) is 0. The second kappa shape index (κ2) is 7.40. The monoisotopic (exact) mass is 327 g/mol. The third kappa shape index (κ3) is 3.71. The van der Waals surface area contributed by atoms with E-state index in [1.54, 1.807) is 0 Å². The topological polar surface area (TPSA) is 86.5 Å². The highest BCUT2D eigenvalue weighted by atomic mass is 16.4. The number of aromatic carboxylic acids is 1. The number of carbonyl (C=O) groups is 1. The van der Waals surface area contributed by atoms with E-state index in [1.807, 2.05) is 35.2 Å². The van der Waals surface area contributed by atoms with Crippen molar-refractivity contribution in [2.24, 2.45) is 5.92 Å². The molecule has 6 nitrogen and oxygen atoms in total. The Morgan fingerprint density at radius 3 is 2.62 bits per heavy atom. The van der Waals surface area contributed by atoms with Crippen LogP contribution in [-0.2, 0) is 6.42 Å². The summed E-state index contributed by atoms with van der Waals surface area (Å²) in [6.45, 7) is 1.38. The summed E-state index contributed by atoms with van der Waals surface area (Å²) >= 11 is 0. The summed E-state index contributed by atoms with van der Waals surface area (Å²) in [6, 6.07) is 9.98. The van der Waals surface area contributed by atoms with Gasteiger partial charge >= 0.3 is 5.97 Å². The summed E-state index contributed by atoms with van der Waals surface area (Å²) < 4.78 is 0. The second-order valence-electron chi connectivity index (χ2n) is 6.15. The van der Waals surface area contributed by atoms with Gasteiger partial charge in [0.2, 0.25) is 0 Å². The van der Waals surface area contributed by atoms with Gasteiger partial charge in [-0.15, -0.1) is 0 Å². The van der Waals surface area contributed by atoms with Crippen molar-refractivity contribution in [1.29, 1.82) is 0 Å². The molecule has 0 spiro atoms. The maximum absolute atomic E-state index is 11.3. The number of benzene rings is 1. The zero-order valence-corrected chi connectivity index (χ0v) is 13.4. The number of carboxylic acid groups (broad SMARTS) is 1. The highest BCUT2D eigenvalue weighted by Crippen LogP contribution is 2.27. The van der Waals surface area contributed by atoms with Gasteiger partial charge < -0.3 is 15.1 Å². The molecule has 1 atom stereocenters. The Morgan fingerprint density at radius 2 is 1.96 bits per heavy atom. The second-order valence-corrected chi connectivity index (χ2v) is 6.15. The van der Waals surface area contributed by atoms with Crippen molar-refractivity contribution >= 4 is 11.8 Å². The molecule has 0 saturated carbocycles. The van der Waals surface area contributed by atoms with E-state index in [0.29, 0.717) is 25.3 Å². The predicted octanol–water partition coefficient (Wildman–Crippen LogP) is 1.99. The molecular weight excluding hydrogens is 306 g/mol. The highest BCUT2D eigenvalue weighted by molar-refractivity contribution is 5.92. The third-order valence-electron chi connectivity index (χ3n) is 4.59. The van der Waals surface area contributed by atoms with E-state index in [2.05, 4.69) is 9.97 Å². The van der Waals surface area contributed by atoms with Gasteiger partial charge in [0, 0.05) is 19.3 Å². The molecule has 1 aliphatic heterocycles. The van der Waals surface area contributed by atoms with Crippen molar-refractivity contribution in [2.45, 2.75) is 25.4 Å². The minimum atomic E-state index is -1.02. The molecule has 1 aliphatic rings. The van der Waals surface area contributed by atoms with E-state index in [4.69, 9.17) is 0 Å². The molecule has 0 amide bonds. The fourth-order valence-electron chi connectivity index (χ4n) is 3.24. The molecule has 1 aromatic heterocycles. The fraction of sp³-hybridized carbons (Fsp3) is 0.389. The molecule has 1 aromatic carbocycles. The number of anilines is 1. The van der Waals surface area contributed by atoms with Crippen molar-refractivity contribution in [3.05, 3.63) is 54.0 Å². The normalized spacial score (nSPS) is 16.8. The first kappa shape index (κ1) is 16.4. The van der Waals surface area contributed by atoms with E-state index >= 15 is 0 Å². The van der Waals surface area contributed by atoms with Crippen molar-refractivity contribution in [3.63, 3.8) is 0 Å². The van der Waals surface area contributed by atoms with Crippen LogP contribution in [-0.4, -0.2) is 45.3 Å². The van der Waals surface area contributed by atoms with Gasteiger partial charge in [0.05, 0.1) is 6.10 Å². The minimum Gasteiger partial charge on any atom is -0.477 e. The maximum Gasteiger partial charge on any atom is 0.341 e. The van der Waals surface area contributed by atoms with Crippen LogP contribution in [0.15, 0.2) is 42.9 Å². The number of aromatic nitrogens is 2. The summed E-state index contributed by atoms with van der Waals surface area (Å²) in [5.74, 6) is -0.332. The lowest BCUT2D eigenvalue weighted by Gasteiger charge is -2.35. The SMILES string of the molecule is O=C(O)c1cncnc1N1CCC([C@H](O)Cc2ccccc2)CC1. The molecule has 0 radical (unpaired) electrons. The van der Waals surface area contributed by atoms with Crippen molar-refractivity contribution < 1.29 is 15.0 Å². The van der Waals surface area contributed by atoms with Crippen LogP contribution < -0.4 is 4.90 Å². The van der Waals surface area contributed by atoms with E-state index in [-0.39, 0.29) is 17.6 Å². The Labute approximate surface area is 140 Å². The first-order chi connectivity index (χ1) is 11.6. The van der Waals surface area contributed by atoms with Crippen LogP contribution in [0.1, 0.15) is 28.8 Å². The molecule has 2 aromatic rings. The van der Waals surface area contributed by atoms with Crippen LogP contribution in [0.3, 0.4) is 0 Å². The number of hydrogen-bond acceptors (Lipinski definition) is 5. The lowest BCUT2D eigenvalue weighted by atomic mass is 9.88. The molecule has 2 N–H and O–H groups in total. The molecule has 1 saturated heterocycles. The number of hydrogen-bond donors (Lipinski definition) is 2. The Morgan fingerprint density at radius 1 is 1.25 bits per heavy atom. The lowest BCUT2D eigenvalue weighted by Crippen LogP contribution is -2.39. The average Bonchev–Trinajstić information content (AvgIpc) is 2.62. The summed E-state index contributed by atoms with van der Waals surface area (Å²) in [5, 5.41) is 19.7. The van der Waals surface area contributed by atoms with Gasteiger partial charge in [-0.3, -0.25) is 0 Å². The molecule has 2 heterocycles. The molecule has 0 aliphatic carbocycles. The third-order valence-corrected chi connectivity index (χ3v) is 4.59. The number of piperidine rings is 1. The predicted molar refractivity (Wildman–Crippen MR) is 90.1 cm³/mol. The van der Waals surface area contributed by atoms with Crippen LogP contribution >= 0.6 is 0 Å². The number of rotatable bonds is 5. The van der Waals surface area contributed by atoms with Crippen molar-refractivity contribution in [3.8, 4) is 0 Å². The summed E-state index contributed by atoms with van der Waals surface area (Å²) in [4.78, 5) is 21.2. The van der Waals surface area contributed by atoms with Crippen LogP contribution in [0.5, 0.6) is 0 Å². The van der Waals surface area contributed by atoms with Gasteiger partial charge in [-0.05, 0) is 30.7 Å². The zero-order chi connectivity index (χ0) is 16.9. The van der Waals surface area contributed by atoms with E-state index in [0.717, 1.165) is 18.4 Å².